The monoisotopic (exact) mass is 236 g/mol. The van der Waals surface area contributed by atoms with Crippen LogP contribution in [0.15, 0.2) is 16.5 Å². The van der Waals surface area contributed by atoms with Gasteiger partial charge in [0.1, 0.15) is 0 Å². The first-order chi connectivity index (χ1) is 8.08. The van der Waals surface area contributed by atoms with Gasteiger partial charge in [0.25, 0.3) is 0 Å². The number of likely N-dealkylation sites (N-methyl/N-ethyl adjacent to an activating group) is 2. The highest BCUT2D eigenvalue weighted by atomic mass is 16.4. The fourth-order valence-electron chi connectivity index (χ4n) is 2.34. The normalized spacial score (nSPS) is 20.8. The first kappa shape index (κ1) is 12.2. The number of rotatable bonds is 4. The molecule has 1 aromatic rings. The fraction of sp³-hybridized carbons (Fsp3) is 0.615. The standard InChI is InChI=1S/C13H20N2O2/c1-10(16)12-6-7-13(17-12)15(3)9-11-5-4-8-14(11)2/h6-7,11H,4-5,8-9H2,1-3H3. The summed E-state index contributed by atoms with van der Waals surface area (Å²) in [5.74, 6) is 1.18. The lowest BCUT2D eigenvalue weighted by Crippen LogP contribution is -2.36. The molecule has 0 radical (unpaired) electrons. The third-order valence-electron chi connectivity index (χ3n) is 3.47. The van der Waals surface area contributed by atoms with Gasteiger partial charge in [-0.2, -0.15) is 0 Å². The molecular formula is C13H20N2O2. The molecule has 1 saturated heterocycles. The molecule has 1 atom stereocenters. The Morgan fingerprint density at radius 2 is 2.35 bits per heavy atom. The molecule has 2 heterocycles. The third-order valence-corrected chi connectivity index (χ3v) is 3.47. The van der Waals surface area contributed by atoms with Crippen molar-refractivity contribution in [1.82, 2.24) is 4.90 Å². The fourth-order valence-corrected chi connectivity index (χ4v) is 2.34. The van der Waals surface area contributed by atoms with Crippen LogP contribution in [-0.4, -0.2) is 43.9 Å². The minimum atomic E-state index is -0.0253. The van der Waals surface area contributed by atoms with Crippen LogP contribution in [0.25, 0.3) is 0 Å². The molecule has 1 aromatic heterocycles. The molecular weight excluding hydrogens is 216 g/mol. The molecule has 94 valence electrons. The zero-order chi connectivity index (χ0) is 12.4. The molecule has 2 rings (SSSR count). The lowest BCUT2D eigenvalue weighted by atomic mass is 10.2. The largest absolute Gasteiger partial charge is 0.437 e. The van der Waals surface area contributed by atoms with Crippen LogP contribution in [0.4, 0.5) is 5.88 Å². The Balaban J connectivity index is 1.98. The van der Waals surface area contributed by atoms with E-state index >= 15 is 0 Å². The molecule has 0 bridgehead atoms. The van der Waals surface area contributed by atoms with Crippen LogP contribution in [0.5, 0.6) is 0 Å². The van der Waals surface area contributed by atoms with E-state index in [0.29, 0.717) is 11.8 Å². The van der Waals surface area contributed by atoms with Gasteiger partial charge in [0.2, 0.25) is 0 Å². The van der Waals surface area contributed by atoms with Crippen molar-refractivity contribution in [3.63, 3.8) is 0 Å². The van der Waals surface area contributed by atoms with Gasteiger partial charge in [0.05, 0.1) is 0 Å². The van der Waals surface area contributed by atoms with Crippen LogP contribution < -0.4 is 4.90 Å². The van der Waals surface area contributed by atoms with Gasteiger partial charge in [0.15, 0.2) is 17.4 Å². The Labute approximate surface area is 102 Å². The zero-order valence-electron chi connectivity index (χ0n) is 10.8. The van der Waals surface area contributed by atoms with Gasteiger partial charge in [-0.15, -0.1) is 0 Å². The number of likely N-dealkylation sites (tertiary alicyclic amines) is 1. The summed E-state index contributed by atoms with van der Waals surface area (Å²) in [7, 11) is 4.17. The summed E-state index contributed by atoms with van der Waals surface area (Å²) in [6.45, 7) is 3.64. The van der Waals surface area contributed by atoms with Crippen molar-refractivity contribution in [2.45, 2.75) is 25.8 Å². The van der Waals surface area contributed by atoms with Gasteiger partial charge in [-0.25, -0.2) is 0 Å². The predicted octanol–water partition coefficient (Wildman–Crippen LogP) is 2.01. The van der Waals surface area contributed by atoms with E-state index in [-0.39, 0.29) is 5.78 Å². The highest BCUT2D eigenvalue weighted by molar-refractivity contribution is 5.91. The van der Waals surface area contributed by atoms with E-state index < -0.39 is 0 Å². The highest BCUT2D eigenvalue weighted by Gasteiger charge is 2.23. The minimum Gasteiger partial charge on any atom is -0.437 e. The molecule has 4 heteroatoms. The number of carbonyl (C=O) groups is 1. The molecule has 17 heavy (non-hydrogen) atoms. The number of nitrogens with zero attached hydrogens (tertiary/aromatic N) is 2. The van der Waals surface area contributed by atoms with E-state index in [1.54, 1.807) is 6.07 Å². The smallest absolute Gasteiger partial charge is 0.196 e. The van der Waals surface area contributed by atoms with Crippen LogP contribution in [0, 0.1) is 0 Å². The Hall–Kier alpha value is -1.29. The van der Waals surface area contributed by atoms with E-state index in [0.717, 1.165) is 12.4 Å². The summed E-state index contributed by atoms with van der Waals surface area (Å²) in [6.07, 6.45) is 2.51. The van der Waals surface area contributed by atoms with Gasteiger partial charge in [-0.05, 0) is 32.5 Å². The maximum atomic E-state index is 11.2. The van der Waals surface area contributed by atoms with Crippen LogP contribution in [-0.2, 0) is 0 Å². The maximum Gasteiger partial charge on any atom is 0.196 e. The molecule has 0 amide bonds. The summed E-state index contributed by atoms with van der Waals surface area (Å²) in [5, 5.41) is 0. The topological polar surface area (TPSA) is 36.7 Å². The lowest BCUT2D eigenvalue weighted by molar-refractivity contribution is 0.0988. The van der Waals surface area contributed by atoms with Crippen LogP contribution in [0.1, 0.15) is 30.3 Å². The van der Waals surface area contributed by atoms with Gasteiger partial charge in [-0.1, -0.05) is 0 Å². The van der Waals surface area contributed by atoms with Crippen molar-refractivity contribution in [3.8, 4) is 0 Å². The van der Waals surface area contributed by atoms with E-state index in [2.05, 4.69) is 16.8 Å². The molecule has 0 N–H and O–H groups in total. The van der Waals surface area contributed by atoms with Crippen molar-refractivity contribution >= 4 is 11.7 Å². The SMILES string of the molecule is CC(=O)c1ccc(N(C)CC2CCCN2C)o1. The number of hydrogen-bond acceptors (Lipinski definition) is 4. The molecule has 1 aliphatic rings. The van der Waals surface area contributed by atoms with Crippen LogP contribution in [0.2, 0.25) is 0 Å². The van der Waals surface area contributed by atoms with Crippen molar-refractivity contribution in [2.24, 2.45) is 0 Å². The number of Topliss-reactive ketones (excluding diaryl/α,β-unsaturated/α-hetero) is 1. The molecule has 0 saturated carbocycles. The van der Waals surface area contributed by atoms with Crippen molar-refractivity contribution < 1.29 is 9.21 Å². The number of hydrogen-bond donors (Lipinski definition) is 0. The van der Waals surface area contributed by atoms with Gasteiger partial charge < -0.3 is 14.2 Å². The molecule has 1 fully saturated rings. The van der Waals surface area contributed by atoms with Crippen molar-refractivity contribution in [3.05, 3.63) is 17.9 Å². The molecule has 0 spiro atoms. The first-order valence-electron chi connectivity index (χ1n) is 6.10. The second-order valence-corrected chi connectivity index (χ2v) is 4.85. The number of ketones is 1. The quantitative estimate of drug-likeness (QED) is 0.749. The summed E-state index contributed by atoms with van der Waals surface area (Å²) >= 11 is 0. The first-order valence-corrected chi connectivity index (χ1v) is 6.10. The Bertz CT molecular complexity index is 400. The van der Waals surface area contributed by atoms with E-state index in [4.69, 9.17) is 4.42 Å². The average molecular weight is 236 g/mol. The summed E-state index contributed by atoms with van der Waals surface area (Å²) < 4.78 is 5.51. The number of carbonyl (C=O) groups excluding carboxylic acids is 1. The summed E-state index contributed by atoms with van der Waals surface area (Å²) in [4.78, 5) is 15.6. The van der Waals surface area contributed by atoms with Gasteiger partial charge in [0, 0.05) is 32.6 Å². The van der Waals surface area contributed by atoms with E-state index in [1.807, 2.05) is 13.1 Å². The molecule has 4 nitrogen and oxygen atoms in total. The Kier molecular flexibility index (Phi) is 3.52. The highest BCUT2D eigenvalue weighted by Crippen LogP contribution is 2.21. The van der Waals surface area contributed by atoms with Gasteiger partial charge in [-0.3, -0.25) is 4.79 Å². The number of anilines is 1. The van der Waals surface area contributed by atoms with Gasteiger partial charge >= 0.3 is 0 Å². The second-order valence-electron chi connectivity index (χ2n) is 4.85. The summed E-state index contributed by atoms with van der Waals surface area (Å²) in [5.41, 5.74) is 0. The second kappa shape index (κ2) is 4.92. The van der Waals surface area contributed by atoms with E-state index in [9.17, 15) is 4.79 Å². The molecule has 0 aliphatic carbocycles. The molecule has 0 aromatic carbocycles. The Morgan fingerprint density at radius 1 is 1.59 bits per heavy atom. The van der Waals surface area contributed by atoms with Crippen LogP contribution in [0.3, 0.4) is 0 Å². The minimum absolute atomic E-state index is 0.0253. The van der Waals surface area contributed by atoms with Crippen molar-refractivity contribution in [1.29, 1.82) is 0 Å². The van der Waals surface area contributed by atoms with Crippen molar-refractivity contribution in [2.75, 3.05) is 32.1 Å². The maximum absolute atomic E-state index is 11.2. The lowest BCUT2D eigenvalue weighted by Gasteiger charge is -2.25. The summed E-state index contributed by atoms with van der Waals surface area (Å²) in [6, 6.07) is 4.20. The van der Waals surface area contributed by atoms with Crippen LogP contribution >= 0.6 is 0 Å². The third kappa shape index (κ3) is 2.69. The molecule has 1 unspecified atom stereocenters. The molecule has 1 aliphatic heterocycles. The predicted molar refractivity (Wildman–Crippen MR) is 67.6 cm³/mol. The average Bonchev–Trinajstić information content (AvgIpc) is 2.88. The Morgan fingerprint density at radius 3 is 2.88 bits per heavy atom. The van der Waals surface area contributed by atoms with E-state index in [1.165, 1.54) is 26.3 Å². The zero-order valence-corrected chi connectivity index (χ0v) is 10.8. The number of furan rings is 1.